The van der Waals surface area contributed by atoms with Crippen LogP contribution in [0, 0.1) is 5.92 Å². The summed E-state index contributed by atoms with van der Waals surface area (Å²) >= 11 is 2.04. The molecule has 1 atom stereocenters. The molecule has 4 heteroatoms. The second kappa shape index (κ2) is 7.15. The maximum absolute atomic E-state index is 4.60. The highest BCUT2D eigenvalue weighted by atomic mass is 32.2. The molecule has 1 N–H and O–H groups in total. The molecular formula is C15H25N3S. The molecule has 1 saturated heterocycles. The van der Waals surface area contributed by atoms with Crippen LogP contribution in [0.1, 0.15) is 25.8 Å². The molecule has 1 aliphatic rings. The van der Waals surface area contributed by atoms with Crippen LogP contribution in [-0.4, -0.2) is 36.1 Å². The summed E-state index contributed by atoms with van der Waals surface area (Å²) in [5, 5.41) is 3.45. The predicted molar refractivity (Wildman–Crippen MR) is 84.9 cm³/mol. The summed E-state index contributed by atoms with van der Waals surface area (Å²) in [6.45, 7) is 6.42. The summed E-state index contributed by atoms with van der Waals surface area (Å²) < 4.78 is 0. The Labute approximate surface area is 121 Å². The summed E-state index contributed by atoms with van der Waals surface area (Å²) in [4.78, 5) is 6.92. The van der Waals surface area contributed by atoms with Gasteiger partial charge in [-0.3, -0.25) is 0 Å². The summed E-state index contributed by atoms with van der Waals surface area (Å²) in [5.41, 5.74) is 1.26. The van der Waals surface area contributed by atoms with E-state index in [2.05, 4.69) is 48.2 Å². The summed E-state index contributed by atoms with van der Waals surface area (Å²) in [6, 6.07) is 4.99. The van der Waals surface area contributed by atoms with Crippen LogP contribution < -0.4 is 10.2 Å². The van der Waals surface area contributed by atoms with Gasteiger partial charge in [0.05, 0.1) is 0 Å². The Hall–Kier alpha value is -0.740. The minimum atomic E-state index is 0.655. The number of thioether (sulfide) groups is 1. The summed E-state index contributed by atoms with van der Waals surface area (Å²) in [6.07, 6.45) is 3.28. The first kappa shape index (κ1) is 14.7. The van der Waals surface area contributed by atoms with Gasteiger partial charge in [-0.25, -0.2) is 4.98 Å². The smallest absolute Gasteiger partial charge is 0.128 e. The van der Waals surface area contributed by atoms with E-state index in [1.807, 2.05) is 18.0 Å². The number of hydrogen-bond acceptors (Lipinski definition) is 4. The number of pyridine rings is 1. The van der Waals surface area contributed by atoms with Crippen molar-refractivity contribution in [1.29, 1.82) is 0 Å². The lowest BCUT2D eigenvalue weighted by molar-refractivity contribution is 0.552. The number of anilines is 1. The third kappa shape index (κ3) is 4.39. The van der Waals surface area contributed by atoms with E-state index in [9.17, 15) is 0 Å². The van der Waals surface area contributed by atoms with E-state index in [1.165, 1.54) is 23.5 Å². The molecule has 19 heavy (non-hydrogen) atoms. The van der Waals surface area contributed by atoms with E-state index in [-0.39, 0.29) is 0 Å². The molecular weight excluding hydrogens is 254 g/mol. The Balaban J connectivity index is 1.86. The molecule has 0 radical (unpaired) electrons. The van der Waals surface area contributed by atoms with Gasteiger partial charge in [-0.05, 0) is 36.3 Å². The number of nitrogens with zero attached hydrogens (tertiary/aromatic N) is 2. The van der Waals surface area contributed by atoms with Crippen LogP contribution in [0.3, 0.4) is 0 Å². The van der Waals surface area contributed by atoms with Gasteiger partial charge in [0.1, 0.15) is 5.82 Å². The van der Waals surface area contributed by atoms with Gasteiger partial charge >= 0.3 is 0 Å². The predicted octanol–water partition coefficient (Wildman–Crippen LogP) is 2.77. The Morgan fingerprint density at radius 2 is 2.32 bits per heavy atom. The van der Waals surface area contributed by atoms with Crippen LogP contribution >= 0.6 is 11.8 Å². The quantitative estimate of drug-likeness (QED) is 0.867. The van der Waals surface area contributed by atoms with Gasteiger partial charge < -0.3 is 10.2 Å². The molecule has 1 unspecified atom stereocenters. The first-order chi connectivity index (χ1) is 9.16. The molecule has 0 saturated carbocycles. The fourth-order valence-electron chi connectivity index (χ4n) is 2.25. The third-order valence-electron chi connectivity index (χ3n) is 3.51. The van der Waals surface area contributed by atoms with Crippen molar-refractivity contribution in [2.75, 3.05) is 30.0 Å². The SMILES string of the molecule is CC(C)CNCc1ccc(N(C)C2CCSC2)nc1. The van der Waals surface area contributed by atoms with Crippen molar-refractivity contribution in [3.8, 4) is 0 Å². The van der Waals surface area contributed by atoms with E-state index in [0.717, 1.165) is 18.9 Å². The maximum atomic E-state index is 4.60. The van der Waals surface area contributed by atoms with Crippen molar-refractivity contribution < 1.29 is 0 Å². The van der Waals surface area contributed by atoms with Crippen LogP contribution in [0.5, 0.6) is 0 Å². The van der Waals surface area contributed by atoms with E-state index in [0.29, 0.717) is 12.0 Å². The van der Waals surface area contributed by atoms with Gasteiger partial charge in [0.2, 0.25) is 0 Å². The van der Waals surface area contributed by atoms with E-state index >= 15 is 0 Å². The van der Waals surface area contributed by atoms with Crippen LogP contribution in [-0.2, 0) is 6.54 Å². The normalized spacial score (nSPS) is 19.1. The molecule has 3 nitrogen and oxygen atoms in total. The van der Waals surface area contributed by atoms with Crippen LogP contribution in [0.2, 0.25) is 0 Å². The summed E-state index contributed by atoms with van der Waals surface area (Å²) in [7, 11) is 2.16. The number of aromatic nitrogens is 1. The van der Waals surface area contributed by atoms with Crippen molar-refractivity contribution in [1.82, 2.24) is 10.3 Å². The zero-order valence-corrected chi connectivity index (χ0v) is 13.0. The monoisotopic (exact) mass is 279 g/mol. The lowest BCUT2D eigenvalue weighted by Crippen LogP contribution is -2.31. The van der Waals surface area contributed by atoms with Gasteiger partial charge in [-0.1, -0.05) is 19.9 Å². The van der Waals surface area contributed by atoms with Gasteiger partial charge in [0.25, 0.3) is 0 Å². The molecule has 1 aromatic heterocycles. The molecule has 0 bridgehead atoms. The molecule has 106 valence electrons. The lowest BCUT2D eigenvalue weighted by Gasteiger charge is -2.24. The van der Waals surface area contributed by atoms with Crippen LogP contribution in [0.15, 0.2) is 18.3 Å². The van der Waals surface area contributed by atoms with Crippen molar-refractivity contribution in [2.45, 2.75) is 32.9 Å². The highest BCUT2D eigenvalue weighted by Crippen LogP contribution is 2.24. The van der Waals surface area contributed by atoms with Crippen molar-refractivity contribution in [2.24, 2.45) is 5.92 Å². The molecule has 0 amide bonds. The standard InChI is InChI=1S/C15H25N3S/c1-12(2)8-16-9-13-4-5-15(17-10-13)18(3)14-6-7-19-11-14/h4-5,10,12,14,16H,6-9,11H2,1-3H3. The van der Waals surface area contributed by atoms with Gasteiger partial charge in [-0.2, -0.15) is 11.8 Å². The number of rotatable bonds is 6. The fourth-order valence-corrected chi connectivity index (χ4v) is 3.52. The number of hydrogen-bond donors (Lipinski definition) is 1. The first-order valence-electron chi connectivity index (χ1n) is 7.13. The minimum absolute atomic E-state index is 0.655. The van der Waals surface area contributed by atoms with Crippen LogP contribution in [0.4, 0.5) is 5.82 Å². The zero-order chi connectivity index (χ0) is 13.7. The highest BCUT2D eigenvalue weighted by Gasteiger charge is 2.20. The molecule has 0 spiro atoms. The fraction of sp³-hybridized carbons (Fsp3) is 0.667. The molecule has 2 heterocycles. The Morgan fingerprint density at radius 1 is 1.47 bits per heavy atom. The molecule has 1 fully saturated rings. The van der Waals surface area contributed by atoms with Gasteiger partial charge in [-0.15, -0.1) is 0 Å². The maximum Gasteiger partial charge on any atom is 0.128 e. The average Bonchev–Trinajstić information content (AvgIpc) is 2.92. The Kier molecular flexibility index (Phi) is 5.52. The van der Waals surface area contributed by atoms with E-state index in [4.69, 9.17) is 0 Å². The van der Waals surface area contributed by atoms with Gasteiger partial charge in [0.15, 0.2) is 0 Å². The molecule has 0 aliphatic carbocycles. The first-order valence-corrected chi connectivity index (χ1v) is 8.28. The second-order valence-electron chi connectivity index (χ2n) is 5.68. The van der Waals surface area contributed by atoms with Crippen molar-refractivity contribution >= 4 is 17.6 Å². The third-order valence-corrected chi connectivity index (χ3v) is 4.65. The topological polar surface area (TPSA) is 28.2 Å². The summed E-state index contributed by atoms with van der Waals surface area (Å²) in [5.74, 6) is 4.31. The molecule has 1 aliphatic heterocycles. The largest absolute Gasteiger partial charge is 0.356 e. The molecule has 1 aromatic rings. The molecule has 0 aromatic carbocycles. The van der Waals surface area contributed by atoms with E-state index in [1.54, 1.807) is 0 Å². The average molecular weight is 279 g/mol. The second-order valence-corrected chi connectivity index (χ2v) is 6.83. The minimum Gasteiger partial charge on any atom is -0.356 e. The zero-order valence-electron chi connectivity index (χ0n) is 12.2. The molecule has 2 rings (SSSR count). The van der Waals surface area contributed by atoms with Crippen molar-refractivity contribution in [3.63, 3.8) is 0 Å². The Morgan fingerprint density at radius 3 is 2.89 bits per heavy atom. The van der Waals surface area contributed by atoms with Crippen molar-refractivity contribution in [3.05, 3.63) is 23.9 Å². The van der Waals surface area contributed by atoms with E-state index < -0.39 is 0 Å². The Bertz CT molecular complexity index is 371. The van der Waals surface area contributed by atoms with Crippen LogP contribution in [0.25, 0.3) is 0 Å². The van der Waals surface area contributed by atoms with Gasteiger partial charge in [0, 0.05) is 31.6 Å². The lowest BCUT2D eigenvalue weighted by atomic mass is 10.2. The number of nitrogens with one attached hydrogen (secondary N) is 1. The highest BCUT2D eigenvalue weighted by molar-refractivity contribution is 7.99.